The number of halogens is 1. The van der Waals surface area contributed by atoms with Crippen molar-refractivity contribution >= 4 is 11.6 Å². The molecule has 2 rings (SSSR count). The van der Waals surface area contributed by atoms with Crippen LogP contribution in [0.2, 0.25) is 5.02 Å². The predicted molar refractivity (Wildman–Crippen MR) is 76.1 cm³/mol. The van der Waals surface area contributed by atoms with Gasteiger partial charge in [-0.2, -0.15) is 5.10 Å². The van der Waals surface area contributed by atoms with Crippen molar-refractivity contribution in [2.45, 2.75) is 26.0 Å². The van der Waals surface area contributed by atoms with Gasteiger partial charge in [-0.05, 0) is 19.4 Å². The molecule has 1 aromatic heterocycles. The molecule has 19 heavy (non-hydrogen) atoms. The van der Waals surface area contributed by atoms with E-state index in [0.717, 1.165) is 17.0 Å². The highest BCUT2D eigenvalue weighted by Gasteiger charge is 2.29. The second-order valence-electron chi connectivity index (χ2n) is 4.74. The largest absolute Gasteiger partial charge is 0.382 e. The molecule has 0 aliphatic carbocycles. The fraction of sp³-hybridized carbons (Fsp3) is 0.357. The van der Waals surface area contributed by atoms with E-state index in [1.54, 1.807) is 4.68 Å². The second-order valence-corrected chi connectivity index (χ2v) is 5.12. The van der Waals surface area contributed by atoms with Crippen LogP contribution in [-0.2, 0) is 12.1 Å². The van der Waals surface area contributed by atoms with Crippen LogP contribution in [0.25, 0.3) is 0 Å². The Bertz CT molecular complexity index is 568. The smallest absolute Gasteiger partial charge is 0.121 e. The first-order chi connectivity index (χ1) is 8.98. The molecule has 102 valence electrons. The Balaban J connectivity index is 2.36. The molecule has 0 fully saturated rings. The minimum atomic E-state index is -1.15. The van der Waals surface area contributed by atoms with E-state index in [0.29, 0.717) is 5.02 Å². The van der Waals surface area contributed by atoms with E-state index in [9.17, 15) is 5.11 Å². The molecular weight excluding hydrogens is 262 g/mol. The summed E-state index contributed by atoms with van der Waals surface area (Å²) < 4.78 is 1.71. The zero-order valence-corrected chi connectivity index (χ0v) is 11.9. The number of nitrogens with two attached hydrogens (primary N) is 1. The van der Waals surface area contributed by atoms with Crippen LogP contribution in [0.5, 0.6) is 0 Å². The summed E-state index contributed by atoms with van der Waals surface area (Å²) in [5, 5.41) is 15.7. The predicted octanol–water partition coefficient (Wildman–Crippen LogP) is 2.00. The van der Waals surface area contributed by atoms with Crippen molar-refractivity contribution in [2.75, 3.05) is 6.54 Å². The van der Waals surface area contributed by atoms with Crippen molar-refractivity contribution in [3.63, 3.8) is 0 Å². The molecule has 4 nitrogen and oxygen atoms in total. The minimum absolute atomic E-state index is 0.118. The van der Waals surface area contributed by atoms with E-state index in [2.05, 4.69) is 5.10 Å². The zero-order chi connectivity index (χ0) is 14.0. The molecule has 0 aliphatic rings. The van der Waals surface area contributed by atoms with Gasteiger partial charge >= 0.3 is 0 Å². The van der Waals surface area contributed by atoms with E-state index >= 15 is 0 Å². The lowest BCUT2D eigenvalue weighted by molar-refractivity contribution is 0.0234. The van der Waals surface area contributed by atoms with Crippen LogP contribution in [0.3, 0.4) is 0 Å². The summed E-state index contributed by atoms with van der Waals surface area (Å²) in [6.45, 7) is 4.13. The van der Waals surface area contributed by atoms with Gasteiger partial charge in [-0.25, -0.2) is 0 Å². The molecule has 0 bridgehead atoms. The third-order valence-corrected chi connectivity index (χ3v) is 3.90. The van der Waals surface area contributed by atoms with Crippen LogP contribution in [0.15, 0.2) is 30.3 Å². The molecule has 0 amide bonds. The first-order valence-corrected chi connectivity index (χ1v) is 6.53. The van der Waals surface area contributed by atoms with Crippen molar-refractivity contribution in [2.24, 2.45) is 5.73 Å². The molecule has 3 N–H and O–H groups in total. The SMILES string of the molecule is Cc1nn(CC(O)(CN)c2ccccc2)c(C)c1Cl. The average molecular weight is 280 g/mol. The molecule has 0 spiro atoms. The summed E-state index contributed by atoms with van der Waals surface area (Å²) in [6, 6.07) is 9.38. The molecule has 0 radical (unpaired) electrons. The van der Waals surface area contributed by atoms with Gasteiger partial charge in [-0.3, -0.25) is 4.68 Å². The summed E-state index contributed by atoms with van der Waals surface area (Å²) in [6.07, 6.45) is 0. The van der Waals surface area contributed by atoms with Gasteiger partial charge in [-0.15, -0.1) is 0 Å². The summed E-state index contributed by atoms with van der Waals surface area (Å²) >= 11 is 6.12. The zero-order valence-electron chi connectivity index (χ0n) is 11.1. The number of rotatable bonds is 4. The van der Waals surface area contributed by atoms with Gasteiger partial charge in [0, 0.05) is 6.54 Å². The number of nitrogens with zero attached hydrogens (tertiary/aromatic N) is 2. The van der Waals surface area contributed by atoms with Crippen LogP contribution in [0.4, 0.5) is 0 Å². The standard InChI is InChI=1S/C14H18ClN3O/c1-10-13(15)11(2)18(17-10)9-14(19,8-16)12-6-4-3-5-7-12/h3-7,19H,8-9,16H2,1-2H3. The van der Waals surface area contributed by atoms with Gasteiger partial charge in [0.25, 0.3) is 0 Å². The van der Waals surface area contributed by atoms with Crippen molar-refractivity contribution in [3.05, 3.63) is 52.3 Å². The fourth-order valence-corrected chi connectivity index (χ4v) is 2.23. The second kappa shape index (κ2) is 5.33. The quantitative estimate of drug-likeness (QED) is 0.900. The van der Waals surface area contributed by atoms with E-state index in [-0.39, 0.29) is 13.1 Å². The Hall–Kier alpha value is -1.36. The lowest BCUT2D eigenvalue weighted by Crippen LogP contribution is -2.39. The number of benzene rings is 1. The van der Waals surface area contributed by atoms with E-state index in [1.165, 1.54) is 0 Å². The molecule has 0 saturated carbocycles. The molecule has 2 aromatic rings. The molecule has 1 atom stereocenters. The van der Waals surface area contributed by atoms with E-state index in [4.69, 9.17) is 17.3 Å². The first kappa shape index (κ1) is 14.1. The Morgan fingerprint density at radius 1 is 1.32 bits per heavy atom. The molecule has 1 unspecified atom stereocenters. The van der Waals surface area contributed by atoms with Gasteiger partial charge in [0.05, 0.1) is 23.0 Å². The highest BCUT2D eigenvalue weighted by Crippen LogP contribution is 2.25. The minimum Gasteiger partial charge on any atom is -0.382 e. The van der Waals surface area contributed by atoms with Gasteiger partial charge in [0.15, 0.2) is 0 Å². The highest BCUT2D eigenvalue weighted by molar-refractivity contribution is 6.31. The summed E-state index contributed by atoms with van der Waals surface area (Å²) in [5.41, 5.74) is 6.98. The van der Waals surface area contributed by atoms with Gasteiger partial charge in [0.1, 0.15) is 5.60 Å². The van der Waals surface area contributed by atoms with Crippen LogP contribution in [-0.4, -0.2) is 21.4 Å². The third-order valence-electron chi connectivity index (χ3n) is 3.35. The summed E-state index contributed by atoms with van der Waals surface area (Å²) in [7, 11) is 0. The Kier molecular flexibility index (Phi) is 3.94. The molecule has 1 aromatic carbocycles. The number of hydrogen-bond donors (Lipinski definition) is 2. The van der Waals surface area contributed by atoms with Crippen LogP contribution < -0.4 is 5.73 Å². The maximum Gasteiger partial charge on any atom is 0.121 e. The van der Waals surface area contributed by atoms with Gasteiger partial charge in [0.2, 0.25) is 0 Å². The Morgan fingerprint density at radius 3 is 2.42 bits per heavy atom. The maximum atomic E-state index is 10.7. The lowest BCUT2D eigenvalue weighted by Gasteiger charge is -2.27. The summed E-state index contributed by atoms with van der Waals surface area (Å²) in [4.78, 5) is 0. The monoisotopic (exact) mass is 279 g/mol. The van der Waals surface area contributed by atoms with Crippen molar-refractivity contribution in [1.29, 1.82) is 0 Å². The average Bonchev–Trinajstić information content (AvgIpc) is 2.67. The number of aryl methyl sites for hydroxylation is 1. The Morgan fingerprint density at radius 2 is 1.95 bits per heavy atom. The van der Waals surface area contributed by atoms with Crippen LogP contribution in [0, 0.1) is 13.8 Å². The summed E-state index contributed by atoms with van der Waals surface area (Å²) in [5.74, 6) is 0. The van der Waals surface area contributed by atoms with E-state index in [1.807, 2.05) is 44.2 Å². The van der Waals surface area contributed by atoms with Crippen LogP contribution >= 0.6 is 11.6 Å². The van der Waals surface area contributed by atoms with Crippen molar-refractivity contribution < 1.29 is 5.11 Å². The van der Waals surface area contributed by atoms with Crippen molar-refractivity contribution in [1.82, 2.24) is 9.78 Å². The first-order valence-electron chi connectivity index (χ1n) is 6.15. The molecule has 1 heterocycles. The van der Waals surface area contributed by atoms with Gasteiger partial charge < -0.3 is 10.8 Å². The van der Waals surface area contributed by atoms with Crippen LogP contribution in [0.1, 0.15) is 17.0 Å². The molecule has 0 aliphatic heterocycles. The fourth-order valence-electron chi connectivity index (χ4n) is 2.10. The highest BCUT2D eigenvalue weighted by atomic mass is 35.5. The molecule has 5 heteroatoms. The van der Waals surface area contributed by atoms with Crippen molar-refractivity contribution in [3.8, 4) is 0 Å². The van der Waals surface area contributed by atoms with Gasteiger partial charge in [-0.1, -0.05) is 41.9 Å². The molecule has 0 saturated heterocycles. The normalized spacial score (nSPS) is 14.4. The third kappa shape index (κ3) is 2.66. The number of aliphatic hydroxyl groups is 1. The topological polar surface area (TPSA) is 64.1 Å². The number of hydrogen-bond acceptors (Lipinski definition) is 3. The number of aromatic nitrogens is 2. The maximum absolute atomic E-state index is 10.7. The Labute approximate surface area is 117 Å². The lowest BCUT2D eigenvalue weighted by atomic mass is 9.94. The van der Waals surface area contributed by atoms with E-state index < -0.39 is 5.60 Å². The molecular formula is C14H18ClN3O.